The average molecular weight is 192 g/mol. The number of pyridine rings is 1. The third-order valence-electron chi connectivity index (χ3n) is 2.24. The second-order valence-corrected chi connectivity index (χ2v) is 3.32. The first kappa shape index (κ1) is 8.96. The van der Waals surface area contributed by atoms with Crippen LogP contribution in [-0.4, -0.2) is 11.0 Å². The van der Waals surface area contributed by atoms with Crippen LogP contribution in [0, 0.1) is 0 Å². The third kappa shape index (κ3) is 1.42. The average Bonchev–Trinajstić information content (AvgIpc) is 2.16. The van der Waals surface area contributed by atoms with Gasteiger partial charge in [-0.1, -0.05) is 0 Å². The zero-order valence-corrected chi connectivity index (χ0v) is 7.87. The minimum atomic E-state index is -0.216. The quantitative estimate of drug-likeness (QED) is 0.613. The molecule has 2 rings (SSSR count). The number of amides is 2. The lowest BCUT2D eigenvalue weighted by Gasteiger charge is -2.21. The Labute approximate surface area is 81.7 Å². The molecular formula is C9H12N4O. The molecule has 1 aromatic rings. The number of hydrogen-bond acceptors (Lipinski definition) is 3. The van der Waals surface area contributed by atoms with E-state index < -0.39 is 0 Å². The molecule has 0 saturated heterocycles. The Bertz CT molecular complexity index is 375. The molecule has 0 bridgehead atoms. The topological polar surface area (TPSA) is 80.0 Å². The molecule has 1 aliphatic rings. The second-order valence-electron chi connectivity index (χ2n) is 3.32. The zero-order chi connectivity index (χ0) is 10.1. The highest BCUT2D eigenvalue weighted by atomic mass is 16.2. The maximum absolute atomic E-state index is 11.0. The molecule has 1 aliphatic heterocycles. The van der Waals surface area contributed by atoms with E-state index >= 15 is 0 Å². The normalized spacial score (nSPS) is 16.6. The first-order valence-corrected chi connectivity index (χ1v) is 4.46. The van der Waals surface area contributed by atoms with Crippen molar-refractivity contribution < 1.29 is 4.79 Å². The van der Waals surface area contributed by atoms with Crippen LogP contribution in [-0.2, 0) is 6.54 Å². The second kappa shape index (κ2) is 3.26. The van der Waals surface area contributed by atoms with Gasteiger partial charge in [0.1, 0.15) is 5.82 Å². The van der Waals surface area contributed by atoms with Gasteiger partial charge < -0.3 is 11.1 Å². The van der Waals surface area contributed by atoms with E-state index in [9.17, 15) is 4.79 Å². The van der Waals surface area contributed by atoms with Crippen LogP contribution in [0.15, 0.2) is 12.3 Å². The van der Waals surface area contributed by atoms with Crippen molar-refractivity contribution in [2.45, 2.75) is 19.5 Å². The predicted molar refractivity (Wildman–Crippen MR) is 52.7 cm³/mol. The monoisotopic (exact) mass is 192 g/mol. The van der Waals surface area contributed by atoms with Crippen molar-refractivity contribution >= 4 is 11.8 Å². The Hall–Kier alpha value is -1.62. The van der Waals surface area contributed by atoms with E-state index in [-0.39, 0.29) is 12.1 Å². The molecule has 1 atom stereocenters. The smallest absolute Gasteiger partial charge is 0.320 e. The van der Waals surface area contributed by atoms with E-state index in [0.717, 1.165) is 11.1 Å². The zero-order valence-electron chi connectivity index (χ0n) is 7.87. The molecule has 0 aliphatic carbocycles. The van der Waals surface area contributed by atoms with E-state index in [1.807, 2.05) is 13.0 Å². The van der Waals surface area contributed by atoms with Crippen molar-refractivity contribution in [3.8, 4) is 0 Å². The number of urea groups is 1. The number of rotatable bonds is 1. The molecular weight excluding hydrogens is 180 g/mol. The molecule has 0 radical (unpaired) electrons. The van der Waals surface area contributed by atoms with Gasteiger partial charge in [0, 0.05) is 24.3 Å². The van der Waals surface area contributed by atoms with E-state index in [1.165, 1.54) is 0 Å². The highest BCUT2D eigenvalue weighted by molar-refractivity contribution is 5.91. The summed E-state index contributed by atoms with van der Waals surface area (Å²) in [7, 11) is 0. The first-order chi connectivity index (χ1) is 6.68. The number of nitrogens with two attached hydrogens (primary N) is 1. The summed E-state index contributed by atoms with van der Waals surface area (Å²) in [4.78, 5) is 15.1. The molecule has 0 spiro atoms. The fourth-order valence-electron chi connectivity index (χ4n) is 1.55. The van der Waals surface area contributed by atoms with E-state index in [0.29, 0.717) is 12.4 Å². The Morgan fingerprint density at radius 2 is 2.43 bits per heavy atom. The lowest BCUT2D eigenvalue weighted by atomic mass is 10.0. The largest absolute Gasteiger partial charge is 0.334 e. The van der Waals surface area contributed by atoms with E-state index in [2.05, 4.69) is 15.6 Å². The summed E-state index contributed by atoms with van der Waals surface area (Å²) in [5.74, 6) is 0.614. The Morgan fingerprint density at radius 1 is 1.64 bits per heavy atom. The molecule has 14 heavy (non-hydrogen) atoms. The van der Waals surface area contributed by atoms with Gasteiger partial charge in [-0.3, -0.25) is 5.32 Å². The van der Waals surface area contributed by atoms with Gasteiger partial charge in [-0.25, -0.2) is 9.78 Å². The van der Waals surface area contributed by atoms with Gasteiger partial charge in [-0.2, -0.15) is 0 Å². The number of hydrogen-bond donors (Lipinski definition) is 3. The number of carbonyl (C=O) groups is 1. The van der Waals surface area contributed by atoms with Crippen LogP contribution in [0.3, 0.4) is 0 Å². The molecule has 5 nitrogen and oxygen atoms in total. The van der Waals surface area contributed by atoms with E-state index in [1.54, 1.807) is 6.20 Å². The van der Waals surface area contributed by atoms with Crippen molar-refractivity contribution in [1.82, 2.24) is 10.3 Å². The van der Waals surface area contributed by atoms with Crippen LogP contribution in [0.4, 0.5) is 10.6 Å². The summed E-state index contributed by atoms with van der Waals surface area (Å²) in [5.41, 5.74) is 7.79. The van der Waals surface area contributed by atoms with Gasteiger partial charge in [0.25, 0.3) is 0 Å². The molecule has 2 heterocycles. The maximum atomic E-state index is 11.0. The van der Waals surface area contributed by atoms with Gasteiger partial charge in [0.15, 0.2) is 0 Å². The van der Waals surface area contributed by atoms with Crippen molar-refractivity contribution in [3.05, 3.63) is 23.4 Å². The Kier molecular flexibility index (Phi) is 2.09. The van der Waals surface area contributed by atoms with Gasteiger partial charge in [0.05, 0.1) is 0 Å². The van der Waals surface area contributed by atoms with Gasteiger partial charge in [-0.05, 0) is 18.6 Å². The summed E-state index contributed by atoms with van der Waals surface area (Å²) in [6.07, 6.45) is 1.66. The molecule has 2 amide bonds. The lowest BCUT2D eigenvalue weighted by molar-refractivity contribution is 0.250. The van der Waals surface area contributed by atoms with E-state index in [4.69, 9.17) is 5.73 Å². The van der Waals surface area contributed by atoms with Gasteiger partial charge in [0.2, 0.25) is 0 Å². The minimum Gasteiger partial charge on any atom is -0.334 e. The van der Waals surface area contributed by atoms with Crippen LogP contribution in [0.2, 0.25) is 0 Å². The molecule has 1 aromatic heterocycles. The minimum absolute atomic E-state index is 0.0523. The summed E-state index contributed by atoms with van der Waals surface area (Å²) in [6.45, 7) is 2.40. The first-order valence-electron chi connectivity index (χ1n) is 4.46. The number of carbonyl (C=O) groups excluding carboxylic acids is 1. The van der Waals surface area contributed by atoms with Crippen LogP contribution in [0.25, 0.3) is 0 Å². The van der Waals surface area contributed by atoms with Crippen molar-refractivity contribution in [2.24, 2.45) is 5.73 Å². The molecule has 0 aromatic carbocycles. The number of fused-ring (bicyclic) bond motifs is 1. The third-order valence-corrected chi connectivity index (χ3v) is 2.24. The Morgan fingerprint density at radius 3 is 3.14 bits per heavy atom. The maximum Gasteiger partial charge on any atom is 0.320 e. The van der Waals surface area contributed by atoms with Crippen LogP contribution < -0.4 is 16.4 Å². The number of nitrogens with one attached hydrogen (secondary N) is 2. The molecule has 5 heteroatoms. The van der Waals surface area contributed by atoms with Crippen LogP contribution >= 0.6 is 0 Å². The summed E-state index contributed by atoms with van der Waals surface area (Å²) in [6, 6.07) is 1.61. The van der Waals surface area contributed by atoms with Crippen molar-refractivity contribution in [3.63, 3.8) is 0 Å². The summed E-state index contributed by atoms with van der Waals surface area (Å²) in [5, 5.41) is 5.33. The van der Waals surface area contributed by atoms with Gasteiger partial charge in [-0.15, -0.1) is 0 Å². The predicted octanol–water partition coefficient (Wildman–Crippen LogP) is 0.736. The van der Waals surface area contributed by atoms with Gasteiger partial charge >= 0.3 is 6.03 Å². The molecule has 0 fully saturated rings. The number of nitrogens with zero attached hydrogens (tertiary/aromatic N) is 1. The Balaban J connectivity index is 2.46. The van der Waals surface area contributed by atoms with Crippen LogP contribution in [0.1, 0.15) is 24.1 Å². The summed E-state index contributed by atoms with van der Waals surface area (Å²) >= 11 is 0. The molecule has 74 valence electrons. The number of anilines is 1. The van der Waals surface area contributed by atoms with Crippen molar-refractivity contribution in [1.29, 1.82) is 0 Å². The van der Waals surface area contributed by atoms with Crippen molar-refractivity contribution in [2.75, 3.05) is 5.32 Å². The van der Waals surface area contributed by atoms with Crippen LogP contribution in [0.5, 0.6) is 0 Å². The molecule has 4 N–H and O–H groups in total. The SMILES string of the molecule is CC(N)c1ccnc2c1CNC(=O)N2. The fraction of sp³-hybridized carbons (Fsp3) is 0.333. The highest BCUT2D eigenvalue weighted by Crippen LogP contribution is 2.23. The highest BCUT2D eigenvalue weighted by Gasteiger charge is 2.18. The molecule has 0 saturated carbocycles. The number of aromatic nitrogens is 1. The lowest BCUT2D eigenvalue weighted by Crippen LogP contribution is -2.35. The summed E-state index contributed by atoms with van der Waals surface area (Å²) < 4.78 is 0. The fourth-order valence-corrected chi connectivity index (χ4v) is 1.55. The molecule has 1 unspecified atom stereocenters. The standard InChI is InChI=1S/C9H12N4O/c1-5(10)6-2-3-11-8-7(6)4-12-9(14)13-8/h2-3,5H,4,10H2,1H3,(H2,11,12,13,14).